The van der Waals surface area contributed by atoms with Crippen LogP contribution in [0.15, 0.2) is 43.0 Å². The van der Waals surface area contributed by atoms with Crippen molar-refractivity contribution >= 4 is 18.7 Å². The molecular formula is C16H19BN2O4. The van der Waals surface area contributed by atoms with E-state index in [-0.39, 0.29) is 0 Å². The number of benzene rings is 1. The Kier molecular flexibility index (Phi) is 3.78. The van der Waals surface area contributed by atoms with Crippen LogP contribution < -0.4 is 10.2 Å². The number of ether oxygens (including phenoxy) is 1. The van der Waals surface area contributed by atoms with E-state index in [1.807, 2.05) is 33.8 Å². The number of rotatable bonds is 2. The molecule has 120 valence electrons. The van der Waals surface area contributed by atoms with E-state index in [4.69, 9.17) is 14.0 Å². The lowest BCUT2D eigenvalue weighted by molar-refractivity contribution is 0.00578. The second-order valence-electron chi connectivity index (χ2n) is 6.50. The number of hydrogen-bond acceptors (Lipinski definition) is 5. The molecule has 23 heavy (non-hydrogen) atoms. The van der Waals surface area contributed by atoms with Gasteiger partial charge in [-0.3, -0.25) is 0 Å². The van der Waals surface area contributed by atoms with E-state index in [1.165, 1.54) is 23.3 Å². The summed E-state index contributed by atoms with van der Waals surface area (Å²) in [6.45, 7) is 7.98. The maximum Gasteiger partial charge on any atom is 0.494 e. The minimum absolute atomic E-state index is 0.416. The van der Waals surface area contributed by atoms with Crippen molar-refractivity contribution in [2.75, 3.05) is 0 Å². The summed E-state index contributed by atoms with van der Waals surface area (Å²) < 4.78 is 18.6. The highest BCUT2D eigenvalue weighted by atomic mass is 16.7. The minimum Gasteiger partial charge on any atom is -0.410 e. The van der Waals surface area contributed by atoms with Crippen LogP contribution in [0, 0.1) is 0 Å². The lowest BCUT2D eigenvalue weighted by Gasteiger charge is -2.32. The molecule has 0 saturated carbocycles. The SMILES string of the molecule is CC1(C)OB(c2cccc(OC(=O)n3ccnc3)c2)OC1(C)C. The monoisotopic (exact) mass is 314 g/mol. The fraction of sp³-hybridized carbons (Fsp3) is 0.375. The summed E-state index contributed by atoms with van der Waals surface area (Å²) in [5.74, 6) is 0.427. The van der Waals surface area contributed by atoms with E-state index >= 15 is 0 Å². The van der Waals surface area contributed by atoms with Crippen LogP contribution in [0.5, 0.6) is 5.75 Å². The van der Waals surface area contributed by atoms with Crippen molar-refractivity contribution in [1.82, 2.24) is 9.55 Å². The summed E-state index contributed by atoms with van der Waals surface area (Å²) in [5.41, 5.74) is -0.0259. The van der Waals surface area contributed by atoms with Gasteiger partial charge in [-0.2, -0.15) is 0 Å². The maximum atomic E-state index is 12.0. The van der Waals surface area contributed by atoms with Crippen molar-refractivity contribution in [2.24, 2.45) is 0 Å². The quantitative estimate of drug-likeness (QED) is 0.796. The van der Waals surface area contributed by atoms with Gasteiger partial charge in [0.2, 0.25) is 0 Å². The molecule has 2 aromatic rings. The van der Waals surface area contributed by atoms with Gasteiger partial charge in [-0.15, -0.1) is 0 Å². The fourth-order valence-electron chi connectivity index (χ4n) is 2.22. The fourth-order valence-corrected chi connectivity index (χ4v) is 2.22. The summed E-state index contributed by atoms with van der Waals surface area (Å²) in [5, 5.41) is 0. The summed E-state index contributed by atoms with van der Waals surface area (Å²) in [4.78, 5) is 15.8. The third kappa shape index (κ3) is 3.02. The molecule has 0 atom stereocenters. The van der Waals surface area contributed by atoms with E-state index in [9.17, 15) is 4.79 Å². The van der Waals surface area contributed by atoms with Gasteiger partial charge in [0, 0.05) is 12.4 Å². The number of carbonyl (C=O) groups excluding carboxylic acids is 1. The predicted molar refractivity (Wildman–Crippen MR) is 85.8 cm³/mol. The van der Waals surface area contributed by atoms with Gasteiger partial charge in [0.25, 0.3) is 0 Å². The molecule has 0 unspecified atom stereocenters. The molecule has 0 aliphatic carbocycles. The van der Waals surface area contributed by atoms with Crippen molar-refractivity contribution in [3.8, 4) is 5.75 Å². The standard InChI is InChI=1S/C16H19BN2O4/c1-15(2)16(3,4)23-17(22-15)12-6-5-7-13(10-12)21-14(20)19-9-8-18-11-19/h5-11H,1-4H3. The molecule has 2 heterocycles. The Morgan fingerprint density at radius 1 is 1.22 bits per heavy atom. The zero-order chi connectivity index (χ0) is 16.7. The molecule has 1 aromatic carbocycles. The third-order valence-corrected chi connectivity index (χ3v) is 4.30. The lowest BCUT2D eigenvalue weighted by Crippen LogP contribution is -2.41. The highest BCUT2D eigenvalue weighted by Gasteiger charge is 2.51. The summed E-state index contributed by atoms with van der Waals surface area (Å²) >= 11 is 0. The van der Waals surface area contributed by atoms with Crippen molar-refractivity contribution in [3.05, 3.63) is 43.0 Å². The van der Waals surface area contributed by atoms with E-state index in [0.29, 0.717) is 5.75 Å². The van der Waals surface area contributed by atoms with Gasteiger partial charge in [-0.05, 0) is 45.3 Å². The van der Waals surface area contributed by atoms with Crippen molar-refractivity contribution in [2.45, 2.75) is 38.9 Å². The van der Waals surface area contributed by atoms with E-state index in [1.54, 1.807) is 18.2 Å². The molecule has 0 radical (unpaired) electrons. The molecule has 0 spiro atoms. The second kappa shape index (κ2) is 5.51. The maximum absolute atomic E-state index is 12.0. The van der Waals surface area contributed by atoms with Crippen LogP contribution in [0.2, 0.25) is 0 Å². The molecule has 3 rings (SSSR count). The van der Waals surface area contributed by atoms with Crippen LogP contribution in [0.25, 0.3) is 0 Å². The number of carbonyl (C=O) groups is 1. The average molecular weight is 314 g/mol. The zero-order valence-corrected chi connectivity index (χ0v) is 13.6. The Balaban J connectivity index is 1.77. The van der Waals surface area contributed by atoms with Crippen molar-refractivity contribution in [3.63, 3.8) is 0 Å². The Morgan fingerprint density at radius 2 is 1.91 bits per heavy atom. The molecule has 0 N–H and O–H groups in total. The molecular weight excluding hydrogens is 295 g/mol. The highest BCUT2D eigenvalue weighted by molar-refractivity contribution is 6.62. The Hall–Kier alpha value is -2.12. The summed E-state index contributed by atoms with van der Waals surface area (Å²) in [6, 6.07) is 7.15. The van der Waals surface area contributed by atoms with Gasteiger partial charge >= 0.3 is 13.2 Å². The van der Waals surface area contributed by atoms with Gasteiger partial charge in [0.15, 0.2) is 0 Å². The van der Waals surface area contributed by atoms with Crippen LogP contribution in [0.4, 0.5) is 4.79 Å². The minimum atomic E-state index is -0.520. The molecule has 0 amide bonds. The van der Waals surface area contributed by atoms with Gasteiger partial charge in [-0.1, -0.05) is 12.1 Å². The first-order valence-electron chi connectivity index (χ1n) is 7.44. The van der Waals surface area contributed by atoms with Gasteiger partial charge in [0.1, 0.15) is 12.1 Å². The predicted octanol–water partition coefficient (Wildman–Crippen LogP) is 2.23. The third-order valence-electron chi connectivity index (χ3n) is 4.30. The lowest BCUT2D eigenvalue weighted by atomic mass is 9.79. The summed E-state index contributed by atoms with van der Waals surface area (Å²) in [7, 11) is -0.494. The molecule has 7 heteroatoms. The smallest absolute Gasteiger partial charge is 0.410 e. The van der Waals surface area contributed by atoms with E-state index < -0.39 is 24.4 Å². The largest absolute Gasteiger partial charge is 0.494 e. The van der Waals surface area contributed by atoms with Crippen molar-refractivity contribution < 1.29 is 18.8 Å². The molecule has 6 nitrogen and oxygen atoms in total. The Labute approximate surface area is 135 Å². The van der Waals surface area contributed by atoms with Gasteiger partial charge in [-0.25, -0.2) is 14.3 Å². The average Bonchev–Trinajstić information content (AvgIpc) is 3.06. The van der Waals surface area contributed by atoms with Crippen LogP contribution in [-0.4, -0.2) is 34.0 Å². The van der Waals surface area contributed by atoms with Crippen LogP contribution in [0.3, 0.4) is 0 Å². The molecule has 1 aromatic heterocycles. The van der Waals surface area contributed by atoms with E-state index in [0.717, 1.165) is 5.46 Å². The topological polar surface area (TPSA) is 62.6 Å². The molecule has 1 aliphatic rings. The molecule has 0 bridgehead atoms. The second-order valence-corrected chi connectivity index (χ2v) is 6.50. The first-order valence-corrected chi connectivity index (χ1v) is 7.44. The molecule has 1 saturated heterocycles. The first-order chi connectivity index (χ1) is 10.8. The number of imidazole rings is 1. The number of aromatic nitrogens is 2. The molecule has 1 fully saturated rings. The normalized spacial score (nSPS) is 18.9. The van der Waals surface area contributed by atoms with Gasteiger partial charge < -0.3 is 14.0 Å². The number of hydrogen-bond donors (Lipinski definition) is 0. The van der Waals surface area contributed by atoms with E-state index in [2.05, 4.69) is 4.98 Å². The van der Waals surface area contributed by atoms with Crippen molar-refractivity contribution in [1.29, 1.82) is 0 Å². The van der Waals surface area contributed by atoms with Crippen LogP contribution >= 0.6 is 0 Å². The Bertz CT molecular complexity index is 697. The number of nitrogens with zero attached hydrogens (tertiary/aromatic N) is 2. The molecule has 1 aliphatic heterocycles. The first kappa shape index (κ1) is 15.8. The van der Waals surface area contributed by atoms with Crippen LogP contribution in [-0.2, 0) is 9.31 Å². The van der Waals surface area contributed by atoms with Gasteiger partial charge in [0.05, 0.1) is 11.2 Å². The highest BCUT2D eigenvalue weighted by Crippen LogP contribution is 2.36. The zero-order valence-electron chi connectivity index (χ0n) is 13.6. The van der Waals surface area contributed by atoms with Crippen LogP contribution in [0.1, 0.15) is 27.7 Å². The summed E-state index contributed by atoms with van der Waals surface area (Å²) in [6.07, 6.45) is 3.91. The Morgan fingerprint density at radius 3 is 2.52 bits per heavy atom.